The van der Waals surface area contributed by atoms with Gasteiger partial charge in [-0.3, -0.25) is 23.5 Å². The van der Waals surface area contributed by atoms with Crippen LogP contribution in [0.3, 0.4) is 0 Å². The molecule has 2 aromatic rings. The topological polar surface area (TPSA) is 176 Å². The summed E-state index contributed by atoms with van der Waals surface area (Å²) in [6, 6.07) is 6.18. The second kappa shape index (κ2) is 9.73. The summed E-state index contributed by atoms with van der Waals surface area (Å²) in [6.45, 7) is 2.54. The largest absolute Gasteiger partial charge is 0.492 e. The van der Waals surface area contributed by atoms with Gasteiger partial charge in [0.25, 0.3) is 11.0 Å². The molecule has 0 fully saturated rings. The van der Waals surface area contributed by atoms with Crippen molar-refractivity contribution in [3.05, 3.63) is 61.6 Å². The van der Waals surface area contributed by atoms with Gasteiger partial charge in [-0.1, -0.05) is 40.9 Å². The van der Waals surface area contributed by atoms with Crippen LogP contribution in [0.2, 0.25) is 15.1 Å². The summed E-state index contributed by atoms with van der Waals surface area (Å²) in [5.74, 6) is 0.899. The molecule has 0 atom stereocenters. The highest BCUT2D eigenvalue weighted by atomic mass is 35.5. The van der Waals surface area contributed by atoms with E-state index in [2.05, 4.69) is 0 Å². The quantitative estimate of drug-likeness (QED) is 0.332. The minimum absolute atomic E-state index is 0.121. The predicted molar refractivity (Wildman–Crippen MR) is 115 cm³/mol. The number of benzene rings is 2. The normalized spacial score (nSPS) is 12.4. The third-order valence-corrected chi connectivity index (χ3v) is 6.40. The average molecular weight is 546 g/mol. The second-order valence-electron chi connectivity index (χ2n) is 6.05. The highest BCUT2D eigenvalue weighted by Crippen LogP contribution is 2.48. The van der Waals surface area contributed by atoms with Gasteiger partial charge in [0.05, 0.1) is 43.9 Å². The Morgan fingerprint density at radius 1 is 0.906 bits per heavy atom. The number of fused-ring (bicyclic) bond motifs is 2. The van der Waals surface area contributed by atoms with E-state index in [1.165, 1.54) is 0 Å². The molecule has 0 heterocycles. The van der Waals surface area contributed by atoms with Crippen molar-refractivity contribution in [2.75, 3.05) is 6.61 Å². The van der Waals surface area contributed by atoms with Crippen molar-refractivity contribution in [1.82, 2.24) is 0 Å². The standard InChI is InChI=1S/C9H8O2.C8H5Cl3O8P2/c1-2-11-9-6-4-3-5-7(9)8(6)10;9-2-1-3(10)5(8(13)21(17,18)19)6(11)4(2)7(12)20(14,15)16/h3-5H,2H2,1H3;1H,(H2,14,15,16)(H2,17,18,19). The van der Waals surface area contributed by atoms with Gasteiger partial charge < -0.3 is 24.3 Å². The molecule has 0 saturated heterocycles. The van der Waals surface area contributed by atoms with Gasteiger partial charge >= 0.3 is 15.2 Å². The number of halogens is 3. The molecule has 0 amide bonds. The third kappa shape index (κ3) is 5.31. The Balaban J connectivity index is 0.000000273. The van der Waals surface area contributed by atoms with Gasteiger partial charge in [0.1, 0.15) is 5.75 Å². The Morgan fingerprint density at radius 2 is 1.31 bits per heavy atom. The zero-order valence-corrected chi connectivity index (χ0v) is 19.8. The van der Waals surface area contributed by atoms with E-state index in [-0.39, 0.29) is 5.78 Å². The number of hydrogen-bond donors (Lipinski definition) is 4. The molecule has 15 heteroatoms. The van der Waals surface area contributed by atoms with Crippen LogP contribution in [0, 0.1) is 0 Å². The van der Waals surface area contributed by atoms with Crippen molar-refractivity contribution in [3.8, 4) is 5.75 Å². The first kappa shape index (κ1) is 26.7. The SMILES string of the molecule is CCOc1c2cccc1C2=O.O=C(c1c(Cl)cc(Cl)c(C(=O)P(=O)(O)O)c1Cl)P(=O)(O)O. The van der Waals surface area contributed by atoms with Gasteiger partial charge in [-0.2, -0.15) is 0 Å². The molecule has 10 nitrogen and oxygen atoms in total. The third-order valence-electron chi connectivity index (χ3n) is 3.92. The van der Waals surface area contributed by atoms with Gasteiger partial charge in [-0.15, -0.1) is 0 Å². The van der Waals surface area contributed by atoms with E-state index in [0.717, 1.165) is 22.9 Å². The smallest absolute Gasteiger partial charge is 0.396 e. The molecule has 2 aliphatic carbocycles. The summed E-state index contributed by atoms with van der Waals surface area (Å²) in [4.78, 5) is 69.5. The minimum atomic E-state index is -5.29. The highest BCUT2D eigenvalue weighted by Gasteiger charge is 2.38. The zero-order chi connectivity index (χ0) is 24.6. The van der Waals surface area contributed by atoms with E-state index in [4.69, 9.17) is 59.1 Å². The Hall–Kier alpha value is -1.58. The number of carbonyl (C=O) groups is 3. The van der Waals surface area contributed by atoms with Gasteiger partial charge in [-0.25, -0.2) is 0 Å². The summed E-state index contributed by atoms with van der Waals surface area (Å²) in [5.41, 5.74) is -4.07. The Kier molecular flexibility index (Phi) is 8.11. The maximum Gasteiger partial charge on any atom is 0.396 e. The molecule has 4 rings (SSSR count). The van der Waals surface area contributed by atoms with Crippen molar-refractivity contribution >= 4 is 66.8 Å². The predicted octanol–water partition coefficient (Wildman–Crippen LogP) is 3.91. The van der Waals surface area contributed by atoms with Crippen LogP contribution in [0.5, 0.6) is 5.75 Å². The summed E-state index contributed by atoms with van der Waals surface area (Å²) in [5, 5.41) is -2.12. The van der Waals surface area contributed by atoms with Crippen LogP contribution < -0.4 is 4.74 Å². The molecule has 0 aromatic heterocycles. The molecule has 2 aromatic carbocycles. The average Bonchev–Trinajstić information content (AvgIpc) is 2.67. The van der Waals surface area contributed by atoms with E-state index in [1.54, 1.807) is 12.1 Å². The maximum atomic E-state index is 11.6. The summed E-state index contributed by atoms with van der Waals surface area (Å²) in [7, 11) is -10.6. The Bertz CT molecular complexity index is 1150. The monoisotopic (exact) mass is 544 g/mol. The molecular weight excluding hydrogens is 532 g/mol. The van der Waals surface area contributed by atoms with Gasteiger partial charge in [0, 0.05) is 0 Å². The number of carbonyl (C=O) groups excluding carboxylic acids is 3. The lowest BCUT2D eigenvalue weighted by atomic mass is 9.89. The van der Waals surface area contributed by atoms with Crippen LogP contribution in [-0.4, -0.2) is 43.0 Å². The molecule has 2 aliphatic rings. The number of ketones is 1. The molecule has 0 radical (unpaired) electrons. The van der Waals surface area contributed by atoms with E-state index in [9.17, 15) is 23.5 Å². The van der Waals surface area contributed by atoms with Crippen molar-refractivity contribution in [2.24, 2.45) is 0 Å². The van der Waals surface area contributed by atoms with E-state index >= 15 is 0 Å². The molecule has 0 saturated carbocycles. The fourth-order valence-corrected chi connectivity index (χ4v) is 4.97. The molecule has 172 valence electrons. The number of hydrogen-bond acceptors (Lipinski definition) is 6. The van der Waals surface area contributed by atoms with Crippen LogP contribution in [0.1, 0.15) is 43.6 Å². The highest BCUT2D eigenvalue weighted by molar-refractivity contribution is 7.71. The van der Waals surface area contributed by atoms with E-state index in [1.807, 2.05) is 13.0 Å². The lowest BCUT2D eigenvalue weighted by Gasteiger charge is -2.20. The maximum absolute atomic E-state index is 11.6. The minimum Gasteiger partial charge on any atom is -0.492 e. The van der Waals surface area contributed by atoms with Crippen LogP contribution >= 0.6 is 50.0 Å². The molecule has 0 spiro atoms. The Morgan fingerprint density at radius 3 is 1.62 bits per heavy atom. The first-order valence-corrected chi connectivity index (χ1v) is 12.7. The first-order chi connectivity index (χ1) is 14.6. The van der Waals surface area contributed by atoms with Gasteiger partial charge in [0.15, 0.2) is 0 Å². The molecule has 32 heavy (non-hydrogen) atoms. The molecule has 2 bridgehead atoms. The lowest BCUT2D eigenvalue weighted by Crippen LogP contribution is -2.17. The van der Waals surface area contributed by atoms with Crippen molar-refractivity contribution in [1.29, 1.82) is 0 Å². The van der Waals surface area contributed by atoms with Gasteiger partial charge in [0.2, 0.25) is 5.78 Å². The summed E-state index contributed by atoms with van der Waals surface area (Å²) >= 11 is 16.8. The molecule has 0 unspecified atom stereocenters. The van der Waals surface area contributed by atoms with Crippen LogP contribution in [0.4, 0.5) is 0 Å². The number of para-hydroxylation sites is 1. The Labute approximate surface area is 195 Å². The number of ether oxygens (including phenoxy) is 1. The van der Waals surface area contributed by atoms with Crippen LogP contribution in [-0.2, 0) is 9.13 Å². The van der Waals surface area contributed by atoms with Crippen LogP contribution in [0.25, 0.3) is 0 Å². The zero-order valence-electron chi connectivity index (χ0n) is 15.8. The first-order valence-electron chi connectivity index (χ1n) is 8.31. The molecular formula is C17H13Cl3O10P2. The van der Waals surface area contributed by atoms with E-state index < -0.39 is 52.4 Å². The molecule has 4 N–H and O–H groups in total. The van der Waals surface area contributed by atoms with Crippen molar-refractivity contribution in [3.63, 3.8) is 0 Å². The summed E-state index contributed by atoms with van der Waals surface area (Å²) < 4.78 is 27.2. The van der Waals surface area contributed by atoms with Crippen molar-refractivity contribution < 1.29 is 47.8 Å². The van der Waals surface area contributed by atoms with Crippen molar-refractivity contribution in [2.45, 2.75) is 6.92 Å². The molecule has 0 aliphatic heterocycles. The van der Waals surface area contributed by atoms with E-state index in [0.29, 0.717) is 6.61 Å². The number of rotatable bonds is 6. The summed E-state index contributed by atoms with van der Waals surface area (Å²) in [6.07, 6.45) is 0. The fraction of sp³-hybridized carbons (Fsp3) is 0.118. The fourth-order valence-electron chi connectivity index (χ4n) is 2.55. The second-order valence-corrected chi connectivity index (χ2v) is 10.2. The van der Waals surface area contributed by atoms with Crippen LogP contribution in [0.15, 0.2) is 24.3 Å². The lowest BCUT2D eigenvalue weighted by molar-refractivity contribution is 0.100. The van der Waals surface area contributed by atoms with Gasteiger partial charge in [-0.05, 0) is 25.1 Å².